The van der Waals surface area contributed by atoms with Gasteiger partial charge in [-0.05, 0) is 30.4 Å². The fraction of sp³-hybridized carbons (Fsp3) is 0.429. The Bertz CT molecular complexity index is 473. The molecule has 0 atom stereocenters. The van der Waals surface area contributed by atoms with Gasteiger partial charge in [0.15, 0.2) is 0 Å². The van der Waals surface area contributed by atoms with E-state index >= 15 is 0 Å². The Labute approximate surface area is 109 Å². The molecule has 1 aromatic heterocycles. The zero-order valence-electron chi connectivity index (χ0n) is 8.66. The first kappa shape index (κ1) is 16.3. The van der Waals surface area contributed by atoms with Gasteiger partial charge in [0.1, 0.15) is 4.21 Å². The van der Waals surface area contributed by atoms with Crippen LogP contribution >= 0.6 is 23.7 Å². The molecule has 1 heterocycles. The lowest BCUT2D eigenvalue weighted by atomic mass is 10.4. The molecule has 0 bridgehead atoms. The average molecular weight is 302 g/mol. The summed E-state index contributed by atoms with van der Waals surface area (Å²) in [5.41, 5.74) is 5.22. The molecule has 7 nitrogen and oxygen atoms in total. The van der Waals surface area contributed by atoms with Crippen LogP contribution < -0.4 is 10.5 Å². The van der Waals surface area contributed by atoms with Gasteiger partial charge in [-0.3, -0.25) is 10.1 Å². The zero-order chi connectivity index (χ0) is 12.2. The Kier molecular flexibility index (Phi) is 6.57. The Morgan fingerprint density at radius 2 is 2.12 bits per heavy atom. The highest BCUT2D eigenvalue weighted by Crippen LogP contribution is 2.27. The van der Waals surface area contributed by atoms with E-state index in [2.05, 4.69) is 4.72 Å². The average Bonchev–Trinajstić information content (AvgIpc) is 2.67. The molecule has 0 aliphatic heterocycles. The molecule has 0 amide bonds. The van der Waals surface area contributed by atoms with Gasteiger partial charge in [-0.2, -0.15) is 0 Å². The summed E-state index contributed by atoms with van der Waals surface area (Å²) in [4.78, 5) is 9.76. The maximum atomic E-state index is 11.6. The van der Waals surface area contributed by atoms with Gasteiger partial charge in [0.2, 0.25) is 10.0 Å². The summed E-state index contributed by atoms with van der Waals surface area (Å²) in [6.07, 6.45) is 0.521. The molecule has 0 fully saturated rings. The van der Waals surface area contributed by atoms with Crippen molar-refractivity contribution in [3.63, 3.8) is 0 Å². The van der Waals surface area contributed by atoms with Crippen LogP contribution in [0.2, 0.25) is 0 Å². The van der Waals surface area contributed by atoms with E-state index in [1.54, 1.807) is 0 Å². The molecule has 3 N–H and O–H groups in total. The number of nitrogens with two attached hydrogens (primary N) is 1. The Balaban J connectivity index is 0.00000256. The third kappa shape index (κ3) is 4.56. The van der Waals surface area contributed by atoms with Gasteiger partial charge in [-0.1, -0.05) is 0 Å². The van der Waals surface area contributed by atoms with Crippen molar-refractivity contribution in [3.05, 3.63) is 22.2 Å². The van der Waals surface area contributed by atoms with Crippen molar-refractivity contribution < 1.29 is 13.3 Å². The van der Waals surface area contributed by atoms with E-state index in [4.69, 9.17) is 5.73 Å². The van der Waals surface area contributed by atoms with Gasteiger partial charge in [0.25, 0.3) is 0 Å². The van der Waals surface area contributed by atoms with E-state index in [0.717, 1.165) is 0 Å². The van der Waals surface area contributed by atoms with Gasteiger partial charge < -0.3 is 5.73 Å². The topological polar surface area (TPSA) is 115 Å². The van der Waals surface area contributed by atoms with Crippen LogP contribution in [-0.2, 0) is 10.0 Å². The van der Waals surface area contributed by atoms with E-state index < -0.39 is 14.9 Å². The summed E-state index contributed by atoms with van der Waals surface area (Å²) >= 11 is 0.625. The molecule has 10 heteroatoms. The standard InChI is InChI=1S/C7H11N3O4S2.ClH/c8-4-1-5-9-16(13,14)7-3-2-6(15-7)10(11)12;/h2-3,9H,1,4-5,8H2;1H. The zero-order valence-corrected chi connectivity index (χ0v) is 11.1. The van der Waals surface area contributed by atoms with Crippen molar-refractivity contribution in [2.45, 2.75) is 10.6 Å². The minimum absolute atomic E-state index is 0. The highest BCUT2D eigenvalue weighted by Gasteiger charge is 2.19. The molecule has 0 unspecified atom stereocenters. The van der Waals surface area contributed by atoms with Crippen LogP contribution in [0.15, 0.2) is 16.3 Å². The van der Waals surface area contributed by atoms with Crippen LogP contribution in [0.4, 0.5) is 5.00 Å². The fourth-order valence-electron chi connectivity index (χ4n) is 0.933. The summed E-state index contributed by atoms with van der Waals surface area (Å²) in [6, 6.07) is 2.38. The number of rotatable bonds is 6. The number of thiophene rings is 1. The fourth-order valence-corrected chi connectivity index (χ4v) is 3.16. The lowest BCUT2D eigenvalue weighted by Gasteiger charge is -2.02. The van der Waals surface area contributed by atoms with Crippen LogP contribution in [0, 0.1) is 10.1 Å². The van der Waals surface area contributed by atoms with Crippen LogP contribution in [0.3, 0.4) is 0 Å². The normalized spacial score (nSPS) is 10.9. The van der Waals surface area contributed by atoms with Crippen LogP contribution in [-0.4, -0.2) is 26.4 Å². The molecule has 98 valence electrons. The van der Waals surface area contributed by atoms with Crippen LogP contribution in [0.5, 0.6) is 0 Å². The summed E-state index contributed by atoms with van der Waals surface area (Å²) in [7, 11) is -3.64. The van der Waals surface area contributed by atoms with Crippen molar-refractivity contribution in [2.24, 2.45) is 5.73 Å². The molecule has 0 radical (unpaired) electrons. The molecule has 0 aliphatic carbocycles. The smallest absolute Gasteiger partial charge is 0.325 e. The molecule has 0 aliphatic rings. The van der Waals surface area contributed by atoms with Crippen molar-refractivity contribution in [2.75, 3.05) is 13.1 Å². The quantitative estimate of drug-likeness (QED) is 0.456. The molecule has 0 saturated heterocycles. The summed E-state index contributed by atoms with van der Waals surface area (Å²) in [5, 5.41) is 10.2. The molecule has 1 rings (SSSR count). The third-order valence-electron chi connectivity index (χ3n) is 1.68. The van der Waals surface area contributed by atoms with E-state index in [9.17, 15) is 18.5 Å². The molecular formula is C7H12ClN3O4S2. The van der Waals surface area contributed by atoms with Crippen LogP contribution in [0.25, 0.3) is 0 Å². The van der Waals surface area contributed by atoms with Crippen molar-refractivity contribution in [1.82, 2.24) is 4.72 Å². The van der Waals surface area contributed by atoms with E-state index in [1.165, 1.54) is 12.1 Å². The Hall–Kier alpha value is -0.740. The lowest BCUT2D eigenvalue weighted by Crippen LogP contribution is -2.25. The van der Waals surface area contributed by atoms with Crippen LogP contribution in [0.1, 0.15) is 6.42 Å². The van der Waals surface area contributed by atoms with E-state index in [-0.39, 0.29) is 28.2 Å². The number of nitrogens with zero attached hydrogens (tertiary/aromatic N) is 1. The number of nitrogens with one attached hydrogen (secondary N) is 1. The predicted octanol–water partition coefficient (Wildman–Crippen LogP) is 0.705. The second-order valence-electron chi connectivity index (χ2n) is 2.89. The number of nitro groups is 1. The molecular weight excluding hydrogens is 290 g/mol. The van der Waals surface area contributed by atoms with E-state index in [1.807, 2.05) is 0 Å². The molecule has 0 saturated carbocycles. The second-order valence-corrected chi connectivity index (χ2v) is 5.95. The van der Waals surface area contributed by atoms with Gasteiger partial charge >= 0.3 is 5.00 Å². The molecule has 17 heavy (non-hydrogen) atoms. The maximum Gasteiger partial charge on any atom is 0.325 e. The number of hydrogen-bond acceptors (Lipinski definition) is 6. The SMILES string of the molecule is Cl.NCCCNS(=O)(=O)c1ccc([N+](=O)[O-])s1. The third-order valence-corrected chi connectivity index (χ3v) is 4.67. The first-order chi connectivity index (χ1) is 7.47. The first-order valence-electron chi connectivity index (χ1n) is 4.41. The summed E-state index contributed by atoms with van der Waals surface area (Å²) < 4.78 is 25.4. The minimum atomic E-state index is -3.64. The van der Waals surface area contributed by atoms with Crippen molar-refractivity contribution in [1.29, 1.82) is 0 Å². The largest absolute Gasteiger partial charge is 0.330 e. The number of halogens is 1. The summed E-state index contributed by atoms with van der Waals surface area (Å²) in [5.74, 6) is 0. The molecule has 1 aromatic rings. The Morgan fingerprint density at radius 3 is 2.59 bits per heavy atom. The van der Waals surface area contributed by atoms with Crippen molar-refractivity contribution in [3.8, 4) is 0 Å². The van der Waals surface area contributed by atoms with Gasteiger partial charge in [-0.15, -0.1) is 12.4 Å². The molecule has 0 aromatic carbocycles. The summed E-state index contributed by atoms with van der Waals surface area (Å²) in [6.45, 7) is 0.609. The minimum Gasteiger partial charge on any atom is -0.330 e. The number of hydrogen-bond donors (Lipinski definition) is 2. The highest BCUT2D eigenvalue weighted by molar-refractivity contribution is 7.91. The molecule has 0 spiro atoms. The van der Waals surface area contributed by atoms with Gasteiger partial charge in [0, 0.05) is 12.6 Å². The first-order valence-corrected chi connectivity index (χ1v) is 6.71. The predicted molar refractivity (Wildman–Crippen MR) is 67.1 cm³/mol. The van der Waals surface area contributed by atoms with Crippen molar-refractivity contribution >= 4 is 38.8 Å². The van der Waals surface area contributed by atoms with E-state index in [0.29, 0.717) is 24.3 Å². The Morgan fingerprint density at radius 1 is 1.47 bits per heavy atom. The maximum absolute atomic E-state index is 11.6. The lowest BCUT2D eigenvalue weighted by molar-refractivity contribution is -0.380. The van der Waals surface area contributed by atoms with Gasteiger partial charge in [-0.25, -0.2) is 13.1 Å². The second kappa shape index (κ2) is 6.87. The monoisotopic (exact) mass is 301 g/mol. The number of sulfonamides is 1. The highest BCUT2D eigenvalue weighted by atomic mass is 35.5. The van der Waals surface area contributed by atoms with Gasteiger partial charge in [0.05, 0.1) is 4.92 Å².